The third-order valence-electron chi connectivity index (χ3n) is 3.53. The predicted octanol–water partition coefficient (Wildman–Crippen LogP) is 4.35. The maximum atomic E-state index is 8.47. The molecule has 0 heterocycles. The SMILES string of the molecule is O=[N+](O)O.[Cu+2].[NH-]C1CCCCC1[NH-].[NH-]C1CCCCC1[NH-]. The molecule has 2 rings (SSSR count). The van der Waals surface area contributed by atoms with Crippen LogP contribution in [-0.2, 0) is 17.1 Å². The van der Waals surface area contributed by atoms with Gasteiger partial charge in [0.2, 0.25) is 0 Å². The first-order chi connectivity index (χ1) is 9.34. The maximum absolute atomic E-state index is 8.47. The van der Waals surface area contributed by atoms with Crippen LogP contribution in [0.5, 0.6) is 0 Å². The fourth-order valence-electron chi connectivity index (χ4n) is 2.26. The van der Waals surface area contributed by atoms with E-state index in [2.05, 4.69) is 0 Å². The van der Waals surface area contributed by atoms with Gasteiger partial charge in [-0.05, 0) is 0 Å². The first kappa shape index (κ1) is 22.8. The number of hydrogen-bond acceptors (Lipinski definition) is 1. The van der Waals surface area contributed by atoms with E-state index in [-0.39, 0.29) is 41.2 Å². The first-order valence-electron chi connectivity index (χ1n) is 7.04. The standard InChI is InChI=1S/2C6H12N2.Cu.H2NO3/c2*7-5-3-1-2-4-6(5)8;;2-1(3)4/h2*5-8H,1-4H2;;(H2,2,3,4)/q2*-2;+2;+1. The number of rotatable bonds is 0. The van der Waals surface area contributed by atoms with Crippen LogP contribution < -0.4 is 0 Å². The second-order valence-corrected chi connectivity index (χ2v) is 5.25. The summed E-state index contributed by atoms with van der Waals surface area (Å²) in [7, 11) is 0. The molecule has 6 N–H and O–H groups in total. The average Bonchev–Trinajstić information content (AvgIpc) is 2.37. The van der Waals surface area contributed by atoms with Crippen LogP contribution in [-0.4, -0.2) is 39.7 Å². The molecule has 129 valence electrons. The Kier molecular flexibility index (Phi) is 14.4. The summed E-state index contributed by atoms with van der Waals surface area (Å²) in [5.74, 6) is 0. The number of nitrogens with zero attached hydrogens (tertiary/aromatic N) is 1. The molecule has 2 aliphatic carbocycles. The molecule has 8 nitrogen and oxygen atoms in total. The van der Waals surface area contributed by atoms with Gasteiger partial charge >= 0.3 is 22.2 Å². The van der Waals surface area contributed by atoms with Gasteiger partial charge in [-0.3, -0.25) is 0 Å². The second-order valence-electron chi connectivity index (χ2n) is 5.25. The Morgan fingerprint density at radius 3 is 0.905 bits per heavy atom. The van der Waals surface area contributed by atoms with Crippen molar-refractivity contribution in [3.05, 3.63) is 27.8 Å². The molecule has 2 fully saturated rings. The third kappa shape index (κ3) is 13.0. The topological polar surface area (TPSA) is 156 Å². The third-order valence-corrected chi connectivity index (χ3v) is 3.53. The van der Waals surface area contributed by atoms with Crippen LogP contribution in [0.15, 0.2) is 0 Å². The Bertz CT molecular complexity index is 229. The molecule has 0 aromatic carbocycles. The Morgan fingerprint density at radius 2 is 0.810 bits per heavy atom. The molecule has 4 unspecified atom stereocenters. The molecule has 0 aliphatic heterocycles. The van der Waals surface area contributed by atoms with E-state index in [0.29, 0.717) is 0 Å². The molecule has 4 atom stereocenters. The summed E-state index contributed by atoms with van der Waals surface area (Å²) in [4.78, 5) is 8.47. The van der Waals surface area contributed by atoms with Gasteiger partial charge in [0.05, 0.1) is 0 Å². The van der Waals surface area contributed by atoms with Crippen LogP contribution in [0.4, 0.5) is 0 Å². The van der Waals surface area contributed by atoms with Crippen molar-refractivity contribution in [2.45, 2.75) is 75.5 Å². The monoisotopic (exact) mass is 351 g/mol. The smallest absolute Gasteiger partial charge is 0.676 e. The van der Waals surface area contributed by atoms with E-state index in [0.717, 1.165) is 25.7 Å². The first-order valence-corrected chi connectivity index (χ1v) is 7.04. The van der Waals surface area contributed by atoms with Crippen molar-refractivity contribution in [2.24, 2.45) is 0 Å². The summed E-state index contributed by atoms with van der Waals surface area (Å²) in [6.45, 7) is 0. The number of hydrogen-bond donors (Lipinski definition) is 2. The largest absolute Gasteiger partial charge is 2.00 e. The van der Waals surface area contributed by atoms with Gasteiger partial charge in [0.15, 0.2) is 0 Å². The van der Waals surface area contributed by atoms with E-state index < -0.39 is 5.09 Å². The molecule has 21 heavy (non-hydrogen) atoms. The van der Waals surface area contributed by atoms with Gasteiger partial charge in [0.1, 0.15) is 4.91 Å². The molecule has 2 saturated carbocycles. The van der Waals surface area contributed by atoms with E-state index in [1.165, 1.54) is 25.7 Å². The van der Waals surface area contributed by atoms with Crippen LogP contribution in [0.25, 0.3) is 22.9 Å². The van der Waals surface area contributed by atoms with Crippen molar-refractivity contribution in [3.63, 3.8) is 0 Å². The zero-order valence-corrected chi connectivity index (χ0v) is 13.0. The van der Waals surface area contributed by atoms with E-state index in [4.69, 9.17) is 38.3 Å². The van der Waals surface area contributed by atoms with Gasteiger partial charge in [-0.25, -0.2) is 10.4 Å². The Balaban J connectivity index is 0. The average molecular weight is 352 g/mol. The summed E-state index contributed by atoms with van der Waals surface area (Å²) < 4.78 is 0. The van der Waals surface area contributed by atoms with Gasteiger partial charge in [0, 0.05) is 0 Å². The molecular formula is C12H26CuN5O3-. The Labute approximate surface area is 136 Å². The van der Waals surface area contributed by atoms with Gasteiger partial charge in [-0.15, -0.1) is 0 Å². The minimum absolute atomic E-state index is 0. The van der Waals surface area contributed by atoms with Gasteiger partial charge in [-0.1, -0.05) is 51.4 Å². The summed E-state index contributed by atoms with van der Waals surface area (Å²) in [6, 6.07) is -0.319. The van der Waals surface area contributed by atoms with E-state index in [1.807, 2.05) is 0 Å². The minimum Gasteiger partial charge on any atom is -0.676 e. The molecule has 0 aromatic heterocycles. The Hall–Kier alpha value is -0.441. The molecule has 0 saturated heterocycles. The normalized spacial score (nSPS) is 31.4. The molecule has 9 heteroatoms. The van der Waals surface area contributed by atoms with Gasteiger partial charge in [0.25, 0.3) is 0 Å². The molecule has 0 amide bonds. The van der Waals surface area contributed by atoms with Crippen LogP contribution in [0.2, 0.25) is 0 Å². The van der Waals surface area contributed by atoms with Crippen LogP contribution in [0, 0.1) is 4.91 Å². The fourth-order valence-corrected chi connectivity index (χ4v) is 2.26. The number of nitrogens with one attached hydrogen (secondary N) is 4. The fraction of sp³-hybridized carbons (Fsp3) is 1.00. The van der Waals surface area contributed by atoms with Crippen molar-refractivity contribution in [2.75, 3.05) is 0 Å². The minimum atomic E-state index is -1.25. The van der Waals surface area contributed by atoms with E-state index in [9.17, 15) is 0 Å². The van der Waals surface area contributed by atoms with Gasteiger partial charge in [-0.2, -0.15) is 24.2 Å². The molecule has 0 spiro atoms. The summed E-state index contributed by atoms with van der Waals surface area (Å²) in [6.07, 6.45) is 8.49. The predicted molar refractivity (Wildman–Crippen MR) is 76.6 cm³/mol. The zero-order valence-electron chi connectivity index (χ0n) is 12.0. The van der Waals surface area contributed by atoms with Gasteiger partial charge < -0.3 is 22.9 Å². The zero-order chi connectivity index (χ0) is 15.5. The van der Waals surface area contributed by atoms with Crippen LogP contribution in [0.1, 0.15) is 51.4 Å². The molecular weight excluding hydrogens is 326 g/mol. The van der Waals surface area contributed by atoms with Crippen LogP contribution in [0.3, 0.4) is 0 Å². The quantitative estimate of drug-likeness (QED) is 0.491. The van der Waals surface area contributed by atoms with Crippen molar-refractivity contribution < 1.29 is 32.6 Å². The molecule has 0 bridgehead atoms. The molecule has 0 aromatic rings. The van der Waals surface area contributed by atoms with Crippen molar-refractivity contribution in [3.8, 4) is 0 Å². The maximum Gasteiger partial charge on any atom is 2.00 e. The van der Waals surface area contributed by atoms with Crippen molar-refractivity contribution in [1.29, 1.82) is 0 Å². The summed E-state index contributed by atoms with van der Waals surface area (Å²) in [5, 5.41) is 12.5. The summed E-state index contributed by atoms with van der Waals surface area (Å²) in [5.41, 5.74) is 29.2. The second kappa shape index (κ2) is 13.2. The van der Waals surface area contributed by atoms with E-state index in [1.54, 1.807) is 0 Å². The molecule has 1 radical (unpaired) electrons. The van der Waals surface area contributed by atoms with Crippen molar-refractivity contribution in [1.82, 2.24) is 0 Å². The van der Waals surface area contributed by atoms with Crippen LogP contribution >= 0.6 is 0 Å². The van der Waals surface area contributed by atoms with E-state index >= 15 is 0 Å². The Morgan fingerprint density at radius 1 is 0.667 bits per heavy atom. The summed E-state index contributed by atoms with van der Waals surface area (Å²) >= 11 is 0. The molecule has 2 aliphatic rings. The van der Waals surface area contributed by atoms with Crippen molar-refractivity contribution >= 4 is 0 Å².